The summed E-state index contributed by atoms with van der Waals surface area (Å²) in [4.78, 5) is 15.2. The molecule has 1 amide bonds. The first-order valence-corrected chi connectivity index (χ1v) is 5.78. The van der Waals surface area contributed by atoms with E-state index in [0.29, 0.717) is 18.5 Å². The maximum absolute atomic E-state index is 11.1. The van der Waals surface area contributed by atoms with E-state index in [1.54, 1.807) is 13.8 Å². The highest BCUT2D eigenvalue weighted by molar-refractivity contribution is 5.82. The number of carbonyl (C=O) groups is 1. The molecule has 0 aromatic rings. The zero-order valence-corrected chi connectivity index (χ0v) is 10.1. The Kier molecular flexibility index (Phi) is 4.15. The molecule has 1 rings (SSSR count). The van der Waals surface area contributed by atoms with Crippen LogP contribution in [0.2, 0.25) is 0 Å². The van der Waals surface area contributed by atoms with E-state index in [-0.39, 0.29) is 5.91 Å². The Morgan fingerprint density at radius 2 is 1.94 bits per heavy atom. The van der Waals surface area contributed by atoms with Crippen LogP contribution < -0.4 is 16.8 Å². The molecule has 1 aliphatic carbocycles. The van der Waals surface area contributed by atoms with E-state index in [2.05, 4.69) is 10.3 Å². The van der Waals surface area contributed by atoms with E-state index in [0.717, 1.165) is 12.8 Å². The monoisotopic (exact) mass is 226 g/mol. The highest BCUT2D eigenvalue weighted by Gasteiger charge is 2.24. The van der Waals surface area contributed by atoms with Crippen molar-refractivity contribution in [3.8, 4) is 0 Å². The third-order valence-electron chi connectivity index (χ3n) is 3.02. The summed E-state index contributed by atoms with van der Waals surface area (Å²) in [6.45, 7) is 3.86. The van der Waals surface area contributed by atoms with Gasteiger partial charge in [-0.3, -0.25) is 9.79 Å². The van der Waals surface area contributed by atoms with Gasteiger partial charge in [0.05, 0.1) is 12.0 Å². The Morgan fingerprint density at radius 3 is 2.44 bits per heavy atom. The second-order valence-corrected chi connectivity index (χ2v) is 5.08. The van der Waals surface area contributed by atoms with Gasteiger partial charge in [-0.15, -0.1) is 0 Å². The van der Waals surface area contributed by atoms with Gasteiger partial charge >= 0.3 is 0 Å². The summed E-state index contributed by atoms with van der Waals surface area (Å²) in [5, 5.41) is 3.17. The molecule has 0 aromatic heterocycles. The lowest BCUT2D eigenvalue weighted by atomic mass is 9.93. The lowest BCUT2D eigenvalue weighted by Gasteiger charge is -2.18. The van der Waals surface area contributed by atoms with Crippen molar-refractivity contribution in [1.82, 2.24) is 5.32 Å². The number of hydrogen-bond donors (Lipinski definition) is 3. The molecule has 1 saturated carbocycles. The molecule has 5 N–H and O–H groups in total. The number of hydrogen-bond acceptors (Lipinski definition) is 2. The lowest BCUT2D eigenvalue weighted by Crippen LogP contribution is -2.40. The molecule has 5 nitrogen and oxygen atoms in total. The van der Waals surface area contributed by atoms with Gasteiger partial charge in [-0.1, -0.05) is 12.8 Å². The molecule has 0 radical (unpaired) electrons. The first-order valence-electron chi connectivity index (χ1n) is 5.78. The van der Waals surface area contributed by atoms with E-state index in [4.69, 9.17) is 11.5 Å². The summed E-state index contributed by atoms with van der Waals surface area (Å²) in [7, 11) is 0. The van der Waals surface area contributed by atoms with Gasteiger partial charge in [0.2, 0.25) is 5.91 Å². The van der Waals surface area contributed by atoms with Gasteiger partial charge in [0, 0.05) is 6.04 Å². The van der Waals surface area contributed by atoms with Crippen LogP contribution in [0.1, 0.15) is 39.5 Å². The Bertz CT molecular complexity index is 280. The number of nitrogens with two attached hydrogens (primary N) is 2. The van der Waals surface area contributed by atoms with Crippen LogP contribution in [-0.2, 0) is 4.79 Å². The van der Waals surface area contributed by atoms with Crippen LogP contribution in [0.4, 0.5) is 0 Å². The minimum Gasteiger partial charge on any atom is -0.370 e. The predicted octanol–water partition coefficient (Wildman–Crippen LogP) is 0.345. The van der Waals surface area contributed by atoms with Crippen LogP contribution in [0.25, 0.3) is 0 Å². The Balaban J connectivity index is 2.41. The number of nitrogens with zero attached hydrogens (tertiary/aromatic N) is 1. The largest absolute Gasteiger partial charge is 0.370 e. The fourth-order valence-electron chi connectivity index (χ4n) is 1.69. The molecule has 0 heterocycles. The molecule has 0 unspecified atom stereocenters. The van der Waals surface area contributed by atoms with Gasteiger partial charge in [-0.05, 0) is 26.7 Å². The minimum atomic E-state index is -0.637. The van der Waals surface area contributed by atoms with Crippen molar-refractivity contribution in [3.05, 3.63) is 0 Å². The lowest BCUT2D eigenvalue weighted by molar-refractivity contribution is -0.125. The molecule has 92 valence electrons. The third kappa shape index (κ3) is 3.72. The zero-order chi connectivity index (χ0) is 12.2. The van der Waals surface area contributed by atoms with Crippen molar-refractivity contribution in [3.63, 3.8) is 0 Å². The molecule has 1 fully saturated rings. The number of aliphatic imine (C=N–C) groups is 1. The van der Waals surface area contributed by atoms with Crippen molar-refractivity contribution in [1.29, 1.82) is 0 Å². The average Bonchev–Trinajstić information content (AvgIpc) is 2.67. The molecule has 5 heteroatoms. The second kappa shape index (κ2) is 5.18. The van der Waals surface area contributed by atoms with Crippen molar-refractivity contribution >= 4 is 11.9 Å². The molecule has 0 aromatic carbocycles. The maximum Gasteiger partial charge on any atom is 0.224 e. The molecule has 1 aliphatic rings. The Morgan fingerprint density at radius 1 is 1.38 bits per heavy atom. The Labute approximate surface area is 96.7 Å². The average molecular weight is 226 g/mol. The van der Waals surface area contributed by atoms with Gasteiger partial charge in [0.15, 0.2) is 5.96 Å². The van der Waals surface area contributed by atoms with Gasteiger partial charge in [0.25, 0.3) is 0 Å². The molecule has 0 spiro atoms. The highest BCUT2D eigenvalue weighted by Crippen LogP contribution is 2.17. The van der Waals surface area contributed by atoms with E-state index >= 15 is 0 Å². The topological polar surface area (TPSA) is 93.5 Å². The first kappa shape index (κ1) is 12.8. The first-order chi connectivity index (χ1) is 7.42. The van der Waals surface area contributed by atoms with Crippen LogP contribution in [0, 0.1) is 5.41 Å². The number of amides is 1. The smallest absolute Gasteiger partial charge is 0.224 e. The molecular weight excluding hydrogens is 204 g/mol. The number of rotatable bonds is 4. The van der Waals surface area contributed by atoms with Gasteiger partial charge in [-0.25, -0.2) is 0 Å². The molecule has 0 bridgehead atoms. The molecule has 0 aliphatic heterocycles. The summed E-state index contributed by atoms with van der Waals surface area (Å²) in [5.74, 6) is 0.0612. The summed E-state index contributed by atoms with van der Waals surface area (Å²) in [6.07, 6.45) is 4.79. The van der Waals surface area contributed by atoms with Crippen LogP contribution >= 0.6 is 0 Å². The quantitative estimate of drug-likeness (QED) is 0.477. The van der Waals surface area contributed by atoms with E-state index in [1.165, 1.54) is 12.8 Å². The third-order valence-corrected chi connectivity index (χ3v) is 3.02. The normalized spacial score (nSPS) is 18.8. The number of primary amides is 1. The molecule has 0 saturated heterocycles. The van der Waals surface area contributed by atoms with Crippen molar-refractivity contribution < 1.29 is 4.79 Å². The number of carbonyl (C=O) groups excluding carboxylic acids is 1. The summed E-state index contributed by atoms with van der Waals surface area (Å²) in [5.41, 5.74) is 10.4. The second-order valence-electron chi connectivity index (χ2n) is 5.08. The van der Waals surface area contributed by atoms with Gasteiger partial charge in [0.1, 0.15) is 0 Å². The van der Waals surface area contributed by atoms with Crippen molar-refractivity contribution in [2.45, 2.75) is 45.6 Å². The van der Waals surface area contributed by atoms with Gasteiger partial charge < -0.3 is 16.8 Å². The summed E-state index contributed by atoms with van der Waals surface area (Å²) >= 11 is 0. The molecular formula is C11H22N4O. The predicted molar refractivity (Wildman–Crippen MR) is 64.9 cm³/mol. The SMILES string of the molecule is CC(C)(CN=C(N)NC1CCCC1)C(N)=O. The Hall–Kier alpha value is -1.26. The fourth-order valence-corrected chi connectivity index (χ4v) is 1.69. The van der Waals surface area contributed by atoms with Crippen molar-refractivity contribution in [2.24, 2.45) is 21.9 Å². The molecule has 16 heavy (non-hydrogen) atoms. The highest BCUT2D eigenvalue weighted by atomic mass is 16.1. The summed E-state index contributed by atoms with van der Waals surface area (Å²) in [6, 6.07) is 0.445. The number of guanidine groups is 1. The zero-order valence-electron chi connectivity index (χ0n) is 10.1. The van der Waals surface area contributed by atoms with Crippen LogP contribution in [-0.4, -0.2) is 24.5 Å². The standard InChI is InChI=1S/C11H22N4O/c1-11(2,9(12)16)7-14-10(13)15-8-5-3-4-6-8/h8H,3-7H2,1-2H3,(H2,12,16)(H3,13,14,15). The van der Waals surface area contributed by atoms with Crippen LogP contribution in [0.5, 0.6) is 0 Å². The van der Waals surface area contributed by atoms with Crippen molar-refractivity contribution in [2.75, 3.05) is 6.54 Å². The maximum atomic E-state index is 11.1. The van der Waals surface area contributed by atoms with Gasteiger partial charge in [-0.2, -0.15) is 0 Å². The van der Waals surface area contributed by atoms with Crippen LogP contribution in [0.15, 0.2) is 4.99 Å². The minimum absolute atomic E-state index is 0.327. The van der Waals surface area contributed by atoms with E-state index in [1.807, 2.05) is 0 Å². The number of nitrogens with one attached hydrogen (secondary N) is 1. The van der Waals surface area contributed by atoms with E-state index in [9.17, 15) is 4.79 Å². The van der Waals surface area contributed by atoms with Crippen LogP contribution in [0.3, 0.4) is 0 Å². The van der Waals surface area contributed by atoms with E-state index < -0.39 is 5.41 Å². The molecule has 0 atom stereocenters. The fraction of sp³-hybridized carbons (Fsp3) is 0.818. The summed E-state index contributed by atoms with van der Waals surface area (Å²) < 4.78 is 0.